The molecule has 4 aromatic rings. The molecule has 0 radical (unpaired) electrons. The van der Waals surface area contributed by atoms with Crippen LogP contribution in [0.4, 0.5) is 33.3 Å². The molecule has 1 saturated heterocycles. The van der Waals surface area contributed by atoms with Gasteiger partial charge < -0.3 is 0 Å². The average molecular weight is 780 g/mol. The monoisotopic (exact) mass is 780 g/mol. The first-order valence-electron chi connectivity index (χ1n) is 15.2. The van der Waals surface area contributed by atoms with Gasteiger partial charge in [-0.1, -0.05) is 0 Å². The molecule has 1 aliphatic carbocycles. The molecule has 6 rings (SSSR count). The zero-order valence-corrected chi connectivity index (χ0v) is 29.4. The Labute approximate surface area is 296 Å². The number of nitrogens with zero attached hydrogens (tertiary/aromatic N) is 2. The summed E-state index contributed by atoms with van der Waals surface area (Å²) in [5, 5.41) is 0. The summed E-state index contributed by atoms with van der Waals surface area (Å²) in [5.74, 6) is -4.47. The first kappa shape index (κ1) is 34.5. The first-order chi connectivity index (χ1) is 23.0. The molecule has 2 aliphatic rings. The van der Waals surface area contributed by atoms with Crippen LogP contribution < -0.4 is 14.5 Å². The molecule has 1 fully saturated rings. The van der Waals surface area contributed by atoms with E-state index >= 15 is 13.2 Å². The summed E-state index contributed by atoms with van der Waals surface area (Å²) in [5.41, 5.74) is 0.0298. The van der Waals surface area contributed by atoms with Crippen LogP contribution in [0.1, 0.15) is 37.8 Å². The third kappa shape index (κ3) is 6.87. The van der Waals surface area contributed by atoms with Gasteiger partial charge in [0.1, 0.15) is 0 Å². The second-order valence-electron chi connectivity index (χ2n) is 12.1. The number of para-hydroxylation sites is 1. The third-order valence-electron chi connectivity index (χ3n) is 8.28. The summed E-state index contributed by atoms with van der Waals surface area (Å²) in [6, 6.07) is 17.5. The Kier molecular flexibility index (Phi) is 10.2. The fraction of sp³-hybridized carbons (Fsp3) is 0.216. The van der Waals surface area contributed by atoms with Crippen molar-refractivity contribution in [1.29, 1.82) is 0 Å². The fourth-order valence-corrected chi connectivity index (χ4v) is 8.30. The van der Waals surface area contributed by atoms with E-state index < -0.39 is 51.9 Å². The van der Waals surface area contributed by atoms with E-state index in [1.807, 2.05) is 36.4 Å². The SMILES string of the molecule is CC1(C)CN(c2ccc(F)cc2F)[C@H]([C@H](Oc2ccccc2[CH]=[Ru+])Sc2c(S)cccc2C2=CCCC=C2)N1c1c(F)cc(F)cc1F. The molecular formula is C37H31F5N2ORuS2+. The van der Waals surface area contributed by atoms with Gasteiger partial charge in [-0.2, -0.15) is 0 Å². The number of thioether (sulfide) groups is 1. The number of benzene rings is 4. The van der Waals surface area contributed by atoms with Gasteiger partial charge in [-0.15, -0.1) is 0 Å². The maximum absolute atomic E-state index is 15.8. The van der Waals surface area contributed by atoms with Gasteiger partial charge in [0.2, 0.25) is 0 Å². The van der Waals surface area contributed by atoms with E-state index in [-0.39, 0.29) is 12.2 Å². The van der Waals surface area contributed by atoms with Crippen LogP contribution in [-0.2, 0) is 17.9 Å². The van der Waals surface area contributed by atoms with E-state index in [2.05, 4.69) is 30.0 Å². The molecule has 48 heavy (non-hydrogen) atoms. The van der Waals surface area contributed by atoms with Crippen LogP contribution in [0.25, 0.3) is 5.57 Å². The van der Waals surface area contributed by atoms with Crippen molar-refractivity contribution in [3.05, 3.63) is 131 Å². The van der Waals surface area contributed by atoms with Gasteiger partial charge in [-0.05, 0) is 0 Å². The summed E-state index contributed by atoms with van der Waals surface area (Å²) < 4.78 is 84.4. The van der Waals surface area contributed by atoms with Crippen molar-refractivity contribution >= 4 is 45.9 Å². The van der Waals surface area contributed by atoms with Gasteiger partial charge in [0, 0.05) is 0 Å². The van der Waals surface area contributed by atoms with Gasteiger partial charge in [0.15, 0.2) is 0 Å². The molecule has 1 aliphatic heterocycles. The Hall–Kier alpha value is -3.40. The number of hydrogen-bond donors (Lipinski definition) is 1. The molecule has 3 nitrogen and oxygen atoms in total. The predicted octanol–water partition coefficient (Wildman–Crippen LogP) is 9.73. The normalized spacial score (nSPS) is 17.8. The van der Waals surface area contributed by atoms with Crippen molar-refractivity contribution in [1.82, 2.24) is 0 Å². The Morgan fingerprint density at radius 1 is 0.917 bits per heavy atom. The minimum absolute atomic E-state index is 0.0120. The van der Waals surface area contributed by atoms with E-state index in [9.17, 15) is 8.78 Å². The summed E-state index contributed by atoms with van der Waals surface area (Å²) in [6.07, 6.45) is 6.93. The van der Waals surface area contributed by atoms with E-state index in [1.54, 1.807) is 35.5 Å². The molecule has 0 bridgehead atoms. The third-order valence-corrected chi connectivity index (χ3v) is 10.6. The number of thiol groups is 1. The molecule has 2 atom stereocenters. The van der Waals surface area contributed by atoms with Gasteiger partial charge in [-0.25, -0.2) is 0 Å². The molecule has 249 valence electrons. The number of hydrogen-bond acceptors (Lipinski definition) is 5. The maximum atomic E-state index is 15.8. The van der Waals surface area contributed by atoms with Gasteiger partial charge in [0.25, 0.3) is 0 Å². The van der Waals surface area contributed by atoms with Crippen molar-refractivity contribution in [2.24, 2.45) is 0 Å². The van der Waals surface area contributed by atoms with Crippen LogP contribution >= 0.6 is 24.4 Å². The number of ether oxygens (including phenoxy) is 1. The Morgan fingerprint density at radius 2 is 1.65 bits per heavy atom. The standard InChI is InChI=1S/C37H31F5N2OS2.Ru/c1-22-10-7-8-14-31(22)45-36(47-34-26(13-9-15-32(34)46)23-11-5-4-6-12-23)35-43(30-17-16-24(38)18-27(30)40)21-37(2,3)44(35)33-28(41)19-25(39)20-29(33)42;/h1,5,7-20,35-36,46H,4,6,21H2,2-3H3;/q;+1/t35-,36+;/m0./s1. The Balaban J connectivity index is 1.60. The number of anilines is 2. The van der Waals surface area contributed by atoms with E-state index in [0.29, 0.717) is 22.8 Å². The Morgan fingerprint density at radius 3 is 2.33 bits per heavy atom. The second kappa shape index (κ2) is 14.2. The molecule has 0 unspecified atom stereocenters. The second-order valence-corrected chi connectivity index (χ2v) is 14.2. The van der Waals surface area contributed by atoms with Crippen molar-refractivity contribution in [2.75, 3.05) is 16.3 Å². The van der Waals surface area contributed by atoms with E-state index in [4.69, 9.17) is 17.4 Å². The topological polar surface area (TPSA) is 15.7 Å². The van der Waals surface area contributed by atoms with Gasteiger partial charge in [0.05, 0.1) is 0 Å². The molecule has 0 spiro atoms. The number of allylic oxidation sites excluding steroid dienone is 4. The summed E-state index contributed by atoms with van der Waals surface area (Å²) in [6.45, 7) is 3.57. The molecular weight excluding hydrogens is 749 g/mol. The zero-order valence-electron chi connectivity index (χ0n) is 25.9. The van der Waals surface area contributed by atoms with Crippen LogP contribution in [0.3, 0.4) is 0 Å². The van der Waals surface area contributed by atoms with Crippen LogP contribution in [0.5, 0.6) is 5.75 Å². The summed E-state index contributed by atoms with van der Waals surface area (Å²) in [4.78, 5) is 4.48. The molecule has 0 aromatic heterocycles. The van der Waals surface area contributed by atoms with Crippen molar-refractivity contribution < 1.29 is 44.5 Å². The van der Waals surface area contributed by atoms with Crippen LogP contribution in [0.2, 0.25) is 0 Å². The molecule has 11 heteroatoms. The quantitative estimate of drug-likeness (QED) is 0.0599. The van der Waals surface area contributed by atoms with E-state index in [1.165, 1.54) is 22.7 Å². The molecule has 0 amide bonds. The fourth-order valence-electron chi connectivity index (χ4n) is 6.24. The molecule has 0 N–H and O–H groups in total. The molecule has 0 saturated carbocycles. The summed E-state index contributed by atoms with van der Waals surface area (Å²) in [7, 11) is 0. The van der Waals surface area contributed by atoms with Crippen molar-refractivity contribution in [3.63, 3.8) is 0 Å². The van der Waals surface area contributed by atoms with Gasteiger partial charge in [-0.3, -0.25) is 0 Å². The Bertz CT molecular complexity index is 1910. The number of halogens is 5. The van der Waals surface area contributed by atoms with E-state index in [0.717, 1.165) is 46.6 Å². The average Bonchev–Trinajstić information content (AvgIpc) is 3.31. The summed E-state index contributed by atoms with van der Waals surface area (Å²) >= 11 is 8.55. The first-order valence-corrected chi connectivity index (χ1v) is 17.5. The molecule has 1 heterocycles. The van der Waals surface area contributed by atoms with Crippen molar-refractivity contribution in [2.45, 2.75) is 53.6 Å². The molecule has 4 aromatic carbocycles. The zero-order chi connectivity index (χ0) is 34.2. The minimum atomic E-state index is -1.12. The van der Waals surface area contributed by atoms with Gasteiger partial charge >= 0.3 is 297 Å². The van der Waals surface area contributed by atoms with Crippen LogP contribution in [0, 0.1) is 29.1 Å². The number of rotatable bonds is 9. The van der Waals surface area contributed by atoms with Crippen molar-refractivity contribution in [3.8, 4) is 5.75 Å². The van der Waals surface area contributed by atoms with Crippen LogP contribution in [-0.4, -0.2) is 28.3 Å². The predicted molar refractivity (Wildman–Crippen MR) is 182 cm³/mol. The van der Waals surface area contributed by atoms with Crippen LogP contribution in [0.15, 0.2) is 101 Å².